The van der Waals surface area contributed by atoms with Crippen LogP contribution in [0.3, 0.4) is 0 Å². The molecule has 0 amide bonds. The van der Waals surface area contributed by atoms with Gasteiger partial charge in [0, 0.05) is 24.6 Å². The summed E-state index contributed by atoms with van der Waals surface area (Å²) in [6.45, 7) is -0.474. The summed E-state index contributed by atoms with van der Waals surface area (Å²) in [5.41, 5.74) is 2.20. The molecule has 1 aliphatic heterocycles. The Kier molecular flexibility index (Phi) is 7.15. The molecule has 3 aromatic rings. The minimum atomic E-state index is -5.57. The molecule has 2 heterocycles. The Morgan fingerprint density at radius 1 is 1.03 bits per heavy atom. The first kappa shape index (κ1) is 25.1. The highest BCUT2D eigenvalue weighted by molar-refractivity contribution is 7.90. The van der Waals surface area contributed by atoms with E-state index in [1.807, 2.05) is 34.9 Å². The molecule has 0 saturated heterocycles. The van der Waals surface area contributed by atoms with Crippen LogP contribution < -0.4 is 10.3 Å². The van der Waals surface area contributed by atoms with Crippen molar-refractivity contribution in [1.29, 1.82) is 0 Å². The van der Waals surface area contributed by atoms with E-state index in [4.69, 9.17) is 5.73 Å². The highest BCUT2D eigenvalue weighted by atomic mass is 32.2. The number of halogens is 4. The molecular weight excluding hydrogens is 500 g/mol. The van der Waals surface area contributed by atoms with Gasteiger partial charge in [0.2, 0.25) is 0 Å². The Hall–Kier alpha value is -2.96. The third-order valence-corrected chi connectivity index (χ3v) is 10.3. The summed E-state index contributed by atoms with van der Waals surface area (Å²) >= 11 is 0. The Bertz CT molecular complexity index is 1290. The third kappa shape index (κ3) is 5.33. The van der Waals surface area contributed by atoms with Gasteiger partial charge in [-0.15, -0.1) is 0 Å². The van der Waals surface area contributed by atoms with Crippen molar-refractivity contribution >= 4 is 30.4 Å². The maximum absolute atomic E-state index is 14.8. The summed E-state index contributed by atoms with van der Waals surface area (Å²) in [4.78, 5) is 4.10. The molecular formula is C23H23F4N4O2SSi. The van der Waals surface area contributed by atoms with Crippen molar-refractivity contribution in [3.05, 3.63) is 89.5 Å². The van der Waals surface area contributed by atoms with E-state index in [1.54, 1.807) is 24.3 Å². The lowest BCUT2D eigenvalue weighted by molar-refractivity contribution is -0.0486. The number of hydrogen-bond donors (Lipinski definition) is 1. The fourth-order valence-corrected chi connectivity index (χ4v) is 8.39. The van der Waals surface area contributed by atoms with Crippen molar-refractivity contribution in [1.82, 2.24) is 9.29 Å². The van der Waals surface area contributed by atoms with Crippen molar-refractivity contribution in [2.24, 2.45) is 0 Å². The van der Waals surface area contributed by atoms with Crippen LogP contribution in [-0.4, -0.2) is 38.3 Å². The second kappa shape index (κ2) is 9.95. The topological polar surface area (TPSA) is 79.5 Å². The highest BCUT2D eigenvalue weighted by Gasteiger charge is 2.51. The van der Waals surface area contributed by atoms with Crippen LogP contribution in [0.5, 0.6) is 0 Å². The lowest BCUT2D eigenvalue weighted by Crippen LogP contribution is -2.50. The highest BCUT2D eigenvalue weighted by Crippen LogP contribution is 2.35. The molecule has 0 atom stereocenters. The first-order chi connectivity index (χ1) is 16.6. The molecule has 2 aromatic carbocycles. The van der Waals surface area contributed by atoms with Crippen LogP contribution in [0.1, 0.15) is 16.8 Å². The summed E-state index contributed by atoms with van der Waals surface area (Å²) in [7, 11) is -7.59. The first-order valence-electron chi connectivity index (χ1n) is 10.8. The zero-order valence-electron chi connectivity index (χ0n) is 18.5. The Labute approximate surface area is 202 Å². The molecule has 0 spiro atoms. The minimum absolute atomic E-state index is 0.0448. The van der Waals surface area contributed by atoms with Gasteiger partial charge in [-0.2, -0.15) is 17.5 Å². The molecule has 0 bridgehead atoms. The largest absolute Gasteiger partial charge is 0.511 e. The fraction of sp³-hybridized carbons (Fsp3) is 0.261. The number of nitrogens with two attached hydrogens (primary N) is 1. The fourth-order valence-electron chi connectivity index (χ4n) is 4.04. The Morgan fingerprint density at radius 2 is 1.71 bits per heavy atom. The molecule has 0 unspecified atom stereocenters. The summed E-state index contributed by atoms with van der Waals surface area (Å²) < 4.78 is 82.7. The van der Waals surface area contributed by atoms with E-state index in [2.05, 4.69) is 4.98 Å². The molecule has 1 radical (unpaired) electrons. The molecule has 35 heavy (non-hydrogen) atoms. The molecule has 2 N–H and O–H groups in total. The molecule has 0 saturated carbocycles. The van der Waals surface area contributed by atoms with Crippen molar-refractivity contribution in [2.75, 3.05) is 16.5 Å². The monoisotopic (exact) mass is 523 g/mol. The van der Waals surface area contributed by atoms with Crippen LogP contribution in [0.15, 0.2) is 66.9 Å². The second-order valence-corrected chi connectivity index (χ2v) is 12.6. The standard InChI is InChI=1S/C23H23F4N4O2SSi/c24-22-19(28)10-12-29-20(22)15-31-21-9-5-4-8-18(21)14-30(34(32,33)23(25,26)27)16-35(31)13-11-17-6-2-1-3-7-17/h1-10,12H,11,13-16H2,(H2,28,29). The molecule has 0 aliphatic carbocycles. The average molecular weight is 524 g/mol. The molecule has 4 rings (SSSR count). The van der Waals surface area contributed by atoms with E-state index >= 15 is 0 Å². The number of benzene rings is 2. The zero-order valence-corrected chi connectivity index (χ0v) is 20.4. The number of pyridine rings is 1. The van der Waals surface area contributed by atoms with Gasteiger partial charge in [0.1, 0.15) is 0 Å². The number of rotatable bonds is 6. The molecule has 1 aliphatic rings. The first-order valence-corrected chi connectivity index (χ1v) is 14.1. The lowest BCUT2D eigenvalue weighted by Gasteiger charge is -2.32. The number of aromatic nitrogens is 1. The number of nitrogens with zero attached hydrogens (tertiary/aromatic N) is 3. The Balaban J connectivity index is 1.78. The van der Waals surface area contributed by atoms with E-state index in [-0.39, 0.29) is 24.1 Å². The third-order valence-electron chi connectivity index (χ3n) is 5.85. The number of alkyl halides is 3. The van der Waals surface area contributed by atoms with Crippen LogP contribution in [0.2, 0.25) is 6.04 Å². The molecule has 1 aromatic heterocycles. The van der Waals surface area contributed by atoms with Gasteiger partial charge in [-0.05, 0) is 35.7 Å². The maximum Gasteiger partial charge on any atom is 0.511 e. The van der Waals surface area contributed by atoms with Gasteiger partial charge in [0.05, 0.1) is 17.9 Å². The van der Waals surface area contributed by atoms with Crippen LogP contribution in [0, 0.1) is 5.82 Å². The number of fused-ring (bicyclic) bond motifs is 1. The predicted molar refractivity (Wildman–Crippen MR) is 127 cm³/mol. The van der Waals surface area contributed by atoms with E-state index in [1.165, 1.54) is 12.3 Å². The van der Waals surface area contributed by atoms with Gasteiger partial charge in [0.15, 0.2) is 14.8 Å². The van der Waals surface area contributed by atoms with Crippen LogP contribution in [0.25, 0.3) is 0 Å². The normalized spacial score (nSPS) is 15.6. The number of hydrogen-bond acceptors (Lipinski definition) is 5. The maximum atomic E-state index is 14.8. The minimum Gasteiger partial charge on any atom is -0.396 e. The molecule has 185 valence electrons. The van der Waals surface area contributed by atoms with E-state index in [0.29, 0.717) is 28.0 Å². The summed E-state index contributed by atoms with van der Waals surface area (Å²) in [6, 6.07) is 17.8. The van der Waals surface area contributed by atoms with Gasteiger partial charge in [-0.1, -0.05) is 48.5 Å². The van der Waals surface area contributed by atoms with Crippen molar-refractivity contribution in [2.45, 2.75) is 31.1 Å². The zero-order chi connectivity index (χ0) is 25.2. The van der Waals surface area contributed by atoms with Crippen LogP contribution in [0.4, 0.5) is 28.9 Å². The quantitative estimate of drug-likeness (QED) is 0.386. The number of nitrogen functional groups attached to an aromatic ring is 1. The molecule has 12 heteroatoms. The van der Waals surface area contributed by atoms with E-state index < -0.39 is 36.9 Å². The lowest BCUT2D eigenvalue weighted by atomic mass is 10.1. The summed E-state index contributed by atoms with van der Waals surface area (Å²) in [5, 5.41) is 0. The Morgan fingerprint density at radius 3 is 2.43 bits per heavy atom. The number of para-hydroxylation sites is 1. The molecule has 6 nitrogen and oxygen atoms in total. The smallest absolute Gasteiger partial charge is 0.396 e. The van der Waals surface area contributed by atoms with Crippen molar-refractivity contribution in [3.8, 4) is 0 Å². The second-order valence-electron chi connectivity index (χ2n) is 8.15. The van der Waals surface area contributed by atoms with Gasteiger partial charge in [0.25, 0.3) is 0 Å². The number of aryl methyl sites for hydroxylation is 1. The van der Waals surface area contributed by atoms with Gasteiger partial charge in [-0.25, -0.2) is 12.8 Å². The number of sulfonamides is 1. The van der Waals surface area contributed by atoms with Crippen LogP contribution >= 0.6 is 0 Å². The summed E-state index contributed by atoms with van der Waals surface area (Å²) in [5.74, 6) is -0.696. The van der Waals surface area contributed by atoms with Crippen molar-refractivity contribution < 1.29 is 26.0 Å². The van der Waals surface area contributed by atoms with Crippen molar-refractivity contribution in [3.63, 3.8) is 0 Å². The van der Waals surface area contributed by atoms with E-state index in [9.17, 15) is 26.0 Å². The summed E-state index contributed by atoms with van der Waals surface area (Å²) in [6.07, 6.45) is 1.58. The van der Waals surface area contributed by atoms with Gasteiger partial charge < -0.3 is 10.3 Å². The predicted octanol–water partition coefficient (Wildman–Crippen LogP) is 4.25. The average Bonchev–Trinajstić information content (AvgIpc) is 2.98. The SMILES string of the molecule is Nc1ccnc(CN2c3ccccc3CN(S(=O)(=O)C(F)(F)F)C[Si]2CCc2ccccc2)c1F. The molecule has 0 fully saturated rings. The number of anilines is 2. The van der Waals surface area contributed by atoms with Crippen LogP contribution in [-0.2, 0) is 29.5 Å². The van der Waals surface area contributed by atoms with Gasteiger partial charge >= 0.3 is 15.5 Å². The van der Waals surface area contributed by atoms with Gasteiger partial charge in [-0.3, -0.25) is 4.98 Å². The van der Waals surface area contributed by atoms with E-state index in [0.717, 1.165) is 5.56 Å².